The van der Waals surface area contributed by atoms with Gasteiger partial charge in [0.25, 0.3) is 0 Å². The van der Waals surface area contributed by atoms with Crippen molar-refractivity contribution < 1.29 is 19.1 Å². The molecule has 5 heteroatoms. The number of rotatable bonds is 4. The molecule has 142 valence electrons. The summed E-state index contributed by atoms with van der Waals surface area (Å²) in [6, 6.07) is 15.9. The highest BCUT2D eigenvalue weighted by Crippen LogP contribution is 2.39. The molecule has 0 spiro atoms. The monoisotopic (exact) mass is 375 g/mol. The maximum Gasteiger partial charge on any atom is 0.315 e. The number of hydrogen-bond acceptors (Lipinski definition) is 4. The zero-order valence-electron chi connectivity index (χ0n) is 15.6. The fraction of sp³-hybridized carbons (Fsp3) is 0.261. The lowest BCUT2D eigenvalue weighted by atomic mass is 9.82. The quantitative estimate of drug-likeness (QED) is 0.354. The molecule has 28 heavy (non-hydrogen) atoms. The average Bonchev–Trinajstić information content (AvgIpc) is 2.93. The topological polar surface area (TPSA) is 63.7 Å². The van der Waals surface area contributed by atoms with E-state index in [-0.39, 0.29) is 36.0 Å². The number of hydrogen-bond donors (Lipinski definition) is 0. The molecule has 0 aromatic heterocycles. The van der Waals surface area contributed by atoms with Crippen molar-refractivity contribution in [3.63, 3.8) is 0 Å². The third-order valence-electron chi connectivity index (χ3n) is 5.34. The summed E-state index contributed by atoms with van der Waals surface area (Å²) in [6.45, 7) is 2.00. The van der Waals surface area contributed by atoms with E-state index >= 15 is 0 Å². The van der Waals surface area contributed by atoms with Crippen molar-refractivity contribution in [2.24, 2.45) is 11.8 Å². The Balaban J connectivity index is 1.44. The molecule has 2 aromatic rings. The summed E-state index contributed by atoms with van der Waals surface area (Å²) in [5.41, 5.74) is 2.55. The Hall–Kier alpha value is -3.21. The first-order chi connectivity index (χ1) is 13.5. The Labute approximate surface area is 163 Å². The minimum Gasteiger partial charge on any atom is -0.426 e. The smallest absolute Gasteiger partial charge is 0.315 e. The van der Waals surface area contributed by atoms with Crippen LogP contribution in [0, 0.1) is 11.8 Å². The lowest BCUT2D eigenvalue weighted by Gasteiger charge is -2.18. The first-order valence-electron chi connectivity index (χ1n) is 9.41. The zero-order valence-corrected chi connectivity index (χ0v) is 15.6. The van der Waals surface area contributed by atoms with Crippen LogP contribution >= 0.6 is 0 Å². The van der Waals surface area contributed by atoms with Crippen molar-refractivity contribution in [2.75, 3.05) is 4.90 Å². The van der Waals surface area contributed by atoms with Crippen LogP contribution in [0.15, 0.2) is 66.2 Å². The van der Waals surface area contributed by atoms with E-state index in [1.54, 1.807) is 24.3 Å². The molecule has 0 N–H and O–H groups in total. The molecular weight excluding hydrogens is 354 g/mol. The zero-order chi connectivity index (χ0) is 19.7. The van der Waals surface area contributed by atoms with Crippen LogP contribution in [0.2, 0.25) is 0 Å². The number of anilines is 1. The van der Waals surface area contributed by atoms with Gasteiger partial charge < -0.3 is 4.74 Å². The first kappa shape index (κ1) is 18.2. The number of allylic oxidation sites excluding steroid dienone is 2. The molecule has 0 bridgehead atoms. The van der Waals surface area contributed by atoms with Gasteiger partial charge in [0.1, 0.15) is 5.75 Å². The third-order valence-corrected chi connectivity index (χ3v) is 5.34. The van der Waals surface area contributed by atoms with E-state index < -0.39 is 0 Å². The summed E-state index contributed by atoms with van der Waals surface area (Å²) in [5, 5.41) is 0. The van der Waals surface area contributed by atoms with E-state index in [0.29, 0.717) is 24.3 Å². The van der Waals surface area contributed by atoms with Crippen LogP contribution in [-0.2, 0) is 20.8 Å². The average molecular weight is 375 g/mol. The molecule has 0 saturated carbocycles. The second-order valence-corrected chi connectivity index (χ2v) is 7.35. The molecule has 4 rings (SSSR count). The van der Waals surface area contributed by atoms with E-state index in [2.05, 4.69) is 0 Å². The highest BCUT2D eigenvalue weighted by molar-refractivity contribution is 6.22. The van der Waals surface area contributed by atoms with Crippen molar-refractivity contribution in [1.82, 2.24) is 0 Å². The van der Waals surface area contributed by atoms with Crippen molar-refractivity contribution >= 4 is 23.5 Å². The summed E-state index contributed by atoms with van der Waals surface area (Å²) >= 11 is 0. The summed E-state index contributed by atoms with van der Waals surface area (Å²) < 4.78 is 5.36. The maximum absolute atomic E-state index is 12.8. The second-order valence-electron chi connectivity index (χ2n) is 7.35. The predicted molar refractivity (Wildman–Crippen MR) is 105 cm³/mol. The molecule has 0 unspecified atom stereocenters. The van der Waals surface area contributed by atoms with Gasteiger partial charge in [0.05, 0.1) is 23.9 Å². The molecule has 1 aliphatic heterocycles. The van der Waals surface area contributed by atoms with Crippen LogP contribution in [0.25, 0.3) is 0 Å². The standard InChI is InChI=1S/C23H21NO4/c1-15-7-12-19-20(13-15)23(27)24(22(19)26)17-8-10-18(11-9-17)28-21(25)14-16-5-3-2-4-6-16/h2-11,19-20H,12-14H2,1H3/t19-,20-/m0/s1. The maximum atomic E-state index is 12.8. The summed E-state index contributed by atoms with van der Waals surface area (Å²) in [6.07, 6.45) is 3.49. The lowest BCUT2D eigenvalue weighted by Crippen LogP contribution is -2.30. The van der Waals surface area contributed by atoms with Crippen LogP contribution in [0.1, 0.15) is 25.3 Å². The van der Waals surface area contributed by atoms with E-state index in [9.17, 15) is 14.4 Å². The molecule has 2 atom stereocenters. The first-order valence-corrected chi connectivity index (χ1v) is 9.41. The van der Waals surface area contributed by atoms with E-state index in [1.807, 2.05) is 43.3 Å². The number of esters is 1. The van der Waals surface area contributed by atoms with E-state index in [0.717, 1.165) is 11.1 Å². The van der Waals surface area contributed by atoms with E-state index in [1.165, 1.54) is 4.90 Å². The van der Waals surface area contributed by atoms with Crippen LogP contribution in [-0.4, -0.2) is 17.8 Å². The molecule has 1 aliphatic carbocycles. The van der Waals surface area contributed by atoms with Crippen LogP contribution in [0.3, 0.4) is 0 Å². The number of nitrogens with zero attached hydrogens (tertiary/aromatic N) is 1. The molecule has 2 amide bonds. The number of ether oxygens (including phenoxy) is 1. The van der Waals surface area contributed by atoms with Gasteiger partial charge in [-0.3, -0.25) is 19.3 Å². The Morgan fingerprint density at radius 1 is 1.00 bits per heavy atom. The number of fused-ring (bicyclic) bond motifs is 1. The number of imide groups is 1. The second kappa shape index (κ2) is 7.43. The largest absolute Gasteiger partial charge is 0.426 e. The normalized spacial score (nSPS) is 21.3. The van der Waals surface area contributed by atoms with Gasteiger partial charge in [-0.15, -0.1) is 0 Å². The lowest BCUT2D eigenvalue weighted by molar-refractivity contribution is -0.133. The highest BCUT2D eigenvalue weighted by Gasteiger charge is 2.48. The fourth-order valence-corrected chi connectivity index (χ4v) is 3.89. The number of carbonyl (C=O) groups is 3. The highest BCUT2D eigenvalue weighted by atomic mass is 16.5. The summed E-state index contributed by atoms with van der Waals surface area (Å²) in [7, 11) is 0. The van der Waals surface area contributed by atoms with Gasteiger partial charge >= 0.3 is 5.97 Å². The Morgan fingerprint density at radius 3 is 2.39 bits per heavy atom. The van der Waals surface area contributed by atoms with Crippen LogP contribution in [0.4, 0.5) is 5.69 Å². The molecular formula is C23H21NO4. The molecule has 1 fully saturated rings. The Morgan fingerprint density at radius 2 is 1.68 bits per heavy atom. The van der Waals surface area contributed by atoms with E-state index in [4.69, 9.17) is 4.74 Å². The van der Waals surface area contributed by atoms with Gasteiger partial charge in [-0.1, -0.05) is 42.0 Å². The number of carbonyl (C=O) groups excluding carboxylic acids is 3. The predicted octanol–water partition coefficient (Wildman–Crippen LogP) is 3.68. The molecule has 5 nitrogen and oxygen atoms in total. The Kier molecular flexibility index (Phi) is 4.82. The molecule has 1 heterocycles. The fourth-order valence-electron chi connectivity index (χ4n) is 3.89. The summed E-state index contributed by atoms with van der Waals surface area (Å²) in [4.78, 5) is 38.8. The van der Waals surface area contributed by atoms with Crippen molar-refractivity contribution in [2.45, 2.75) is 26.2 Å². The number of benzene rings is 2. The third kappa shape index (κ3) is 3.48. The van der Waals surface area contributed by atoms with Crippen LogP contribution in [0.5, 0.6) is 5.75 Å². The van der Waals surface area contributed by atoms with Gasteiger partial charge in [0, 0.05) is 0 Å². The van der Waals surface area contributed by atoms with Crippen molar-refractivity contribution in [3.05, 3.63) is 71.8 Å². The van der Waals surface area contributed by atoms with Crippen LogP contribution < -0.4 is 9.64 Å². The SMILES string of the molecule is CC1=CC[C@@H]2C(=O)N(c3ccc(OC(=O)Cc4ccccc4)cc3)C(=O)[C@H]2C1. The van der Waals surface area contributed by atoms with Gasteiger partial charge in [-0.25, -0.2) is 0 Å². The van der Waals surface area contributed by atoms with Gasteiger partial charge in [0.2, 0.25) is 11.8 Å². The molecule has 2 aliphatic rings. The molecule has 2 aromatic carbocycles. The van der Waals surface area contributed by atoms with Crippen molar-refractivity contribution in [3.8, 4) is 5.75 Å². The minimum absolute atomic E-state index is 0.142. The molecule has 0 radical (unpaired) electrons. The molecule has 1 saturated heterocycles. The van der Waals surface area contributed by atoms with Gasteiger partial charge in [-0.2, -0.15) is 0 Å². The minimum atomic E-state index is -0.361. The van der Waals surface area contributed by atoms with Gasteiger partial charge in [0.15, 0.2) is 0 Å². The summed E-state index contributed by atoms with van der Waals surface area (Å²) in [5.74, 6) is -0.789. The van der Waals surface area contributed by atoms with Crippen molar-refractivity contribution in [1.29, 1.82) is 0 Å². The number of amides is 2. The Bertz CT molecular complexity index is 946. The van der Waals surface area contributed by atoms with Gasteiger partial charge in [-0.05, 0) is 49.6 Å².